The average Bonchev–Trinajstić information content (AvgIpc) is 2.86. The molecule has 3 aromatic heterocycles. The molecule has 28 heteroatoms. The fourth-order valence-electron chi connectivity index (χ4n) is 10.1. The van der Waals surface area contributed by atoms with Gasteiger partial charge >= 0.3 is 17.1 Å². The standard InChI is InChI=1S/C29H38N2O5S2Si.2C13H20N2O5S2/c1-20-18-31(28(33)30-27(20)32)26-17-24(35-21(2)38-37-6)25(36-26)19-34-39(29(3,4)5,22-13-9-7-10-14-22)23-15-11-8-12-16-23;2*1-7-5-15(13(18)14-12(7)17)11-4-9(10(6-16)20-11)19-8(2)22-21-3/h7-16,18,21,24-26H,17,19H2,1-6H3,(H,30,32,33);2*5,8-11,16H,4,6H2,1-3H3,(H,14,17,18)/t21-,24?,25-,26-;8-,9?,10+,11+;8-,9?,10-,11-/m101/s1. The molecule has 83 heavy (non-hydrogen) atoms. The zero-order valence-electron chi connectivity index (χ0n) is 48.7. The molecule has 5 N–H and O–H groups in total. The Hall–Kier alpha value is -3.56. The summed E-state index contributed by atoms with van der Waals surface area (Å²) in [5.41, 5.74) is -1.60. The van der Waals surface area contributed by atoms with Crippen molar-refractivity contribution in [3.05, 3.63) is 158 Å². The Bertz CT molecular complexity index is 3070. The van der Waals surface area contributed by atoms with Crippen molar-refractivity contribution in [1.82, 2.24) is 28.7 Å². The van der Waals surface area contributed by atoms with Gasteiger partial charge in [0.15, 0.2) is 0 Å². The Labute approximate surface area is 507 Å². The summed E-state index contributed by atoms with van der Waals surface area (Å²) in [6, 6.07) is 21.0. The van der Waals surface area contributed by atoms with Gasteiger partial charge in [-0.25, -0.2) is 14.4 Å². The van der Waals surface area contributed by atoms with E-state index >= 15 is 0 Å². The molecule has 6 heterocycles. The second kappa shape index (κ2) is 31.9. The van der Waals surface area contributed by atoms with Crippen LogP contribution in [0.2, 0.25) is 5.04 Å². The van der Waals surface area contributed by atoms with Crippen LogP contribution in [0.3, 0.4) is 0 Å². The van der Waals surface area contributed by atoms with E-state index in [0.717, 1.165) is 0 Å². The van der Waals surface area contributed by atoms with E-state index in [1.807, 2.05) is 51.7 Å². The monoisotopic (exact) mass is 1280 g/mol. The molecule has 5 aromatic rings. The number of rotatable bonds is 22. The molecule has 21 nitrogen and oxygen atoms in total. The molecule has 12 atom stereocenters. The molecule has 0 saturated carbocycles. The van der Waals surface area contributed by atoms with Crippen LogP contribution >= 0.6 is 64.8 Å². The third kappa shape index (κ3) is 17.8. The third-order valence-electron chi connectivity index (χ3n) is 13.9. The van der Waals surface area contributed by atoms with Gasteiger partial charge < -0.3 is 43.1 Å². The van der Waals surface area contributed by atoms with Crippen LogP contribution in [-0.2, 0) is 32.8 Å². The van der Waals surface area contributed by atoms with Crippen LogP contribution in [0.1, 0.15) is 96.2 Å². The minimum atomic E-state index is -2.79. The largest absolute Gasteiger partial charge is 0.405 e. The summed E-state index contributed by atoms with van der Waals surface area (Å²) in [4.78, 5) is 78.3. The van der Waals surface area contributed by atoms with Crippen molar-refractivity contribution in [3.63, 3.8) is 0 Å². The number of H-pyrrole nitrogens is 3. The van der Waals surface area contributed by atoms with Gasteiger partial charge in [-0.2, -0.15) is 0 Å². The highest BCUT2D eigenvalue weighted by Crippen LogP contribution is 2.40. The fourth-order valence-corrected chi connectivity index (χ4v) is 18.9. The summed E-state index contributed by atoms with van der Waals surface area (Å²) in [5, 5.41) is 21.1. The van der Waals surface area contributed by atoms with Crippen LogP contribution in [0.15, 0.2) is 108 Å². The van der Waals surface area contributed by atoms with E-state index in [4.69, 9.17) is 32.8 Å². The van der Waals surface area contributed by atoms with Gasteiger partial charge in [0, 0.05) is 54.5 Å². The maximum Gasteiger partial charge on any atom is 0.330 e. The quantitative estimate of drug-likeness (QED) is 0.0294. The van der Waals surface area contributed by atoms with E-state index in [1.54, 1.807) is 91.7 Å². The number of hydrogen-bond donors (Lipinski definition) is 5. The van der Waals surface area contributed by atoms with Crippen molar-refractivity contribution >= 4 is 83.5 Å². The number of ether oxygens (including phenoxy) is 6. The van der Waals surface area contributed by atoms with Crippen LogP contribution in [-0.4, -0.2) is 139 Å². The van der Waals surface area contributed by atoms with Crippen molar-refractivity contribution in [2.24, 2.45) is 0 Å². The first-order valence-electron chi connectivity index (χ1n) is 26.9. The number of benzene rings is 2. The predicted octanol–water partition coefficient (Wildman–Crippen LogP) is 6.19. The molecule has 0 aliphatic carbocycles. The number of nitrogens with zero attached hydrogens (tertiary/aromatic N) is 3. The highest BCUT2D eigenvalue weighted by molar-refractivity contribution is 8.77. The van der Waals surface area contributed by atoms with Crippen LogP contribution in [0.4, 0.5) is 0 Å². The van der Waals surface area contributed by atoms with Gasteiger partial charge in [0.05, 0.1) is 38.1 Å². The number of aryl methyl sites for hydroxylation is 3. The molecule has 458 valence electrons. The van der Waals surface area contributed by atoms with Gasteiger partial charge in [-0.3, -0.25) is 43.0 Å². The number of aromatic nitrogens is 6. The average molecular weight is 1280 g/mol. The van der Waals surface area contributed by atoms with Crippen molar-refractivity contribution in [3.8, 4) is 0 Å². The second-order valence-electron chi connectivity index (χ2n) is 20.9. The minimum Gasteiger partial charge on any atom is -0.405 e. The first kappa shape index (κ1) is 68.5. The summed E-state index contributed by atoms with van der Waals surface area (Å²) < 4.78 is 47.4. The molecule has 0 spiro atoms. The zero-order valence-corrected chi connectivity index (χ0v) is 54.6. The van der Waals surface area contributed by atoms with Gasteiger partial charge in [-0.1, -0.05) is 146 Å². The number of aliphatic hydroxyl groups is 2. The molecule has 3 aliphatic heterocycles. The second-order valence-corrected chi connectivity index (χ2v) is 33.5. The summed E-state index contributed by atoms with van der Waals surface area (Å²) >= 11 is 0. The lowest BCUT2D eigenvalue weighted by atomic mass is 10.2. The van der Waals surface area contributed by atoms with E-state index in [-0.39, 0.29) is 52.9 Å². The van der Waals surface area contributed by atoms with E-state index in [2.05, 4.69) is 84.3 Å². The minimum absolute atomic E-state index is 0.0505. The SMILES string of the molecule is CSS[C@@H](C)OC1C[C@H](n2cc(C)c(=O)[nH]c2=O)O[C@@H]1CO.CSS[C@H](C)OC1C[C@H](n2cc(C)c(=O)[nH]c2=O)O[C@@H]1CO.CSS[C@H](C)OC1C[C@H](n2cc(C)c(=O)[nH]c2=O)O[C@@H]1CO[Si](c1ccccc1)(c1ccccc1)C(C)(C)C. The molecule has 0 radical (unpaired) electrons. The van der Waals surface area contributed by atoms with Crippen molar-refractivity contribution in [2.45, 2.75) is 158 Å². The Morgan fingerprint density at radius 2 is 0.843 bits per heavy atom. The van der Waals surface area contributed by atoms with E-state index in [9.17, 15) is 39.0 Å². The maximum absolute atomic E-state index is 12.7. The molecular formula is C55H78N6O15S6Si. The van der Waals surface area contributed by atoms with Crippen LogP contribution < -0.4 is 44.1 Å². The molecule has 3 unspecified atom stereocenters. The number of aromatic amines is 3. The highest BCUT2D eigenvalue weighted by Gasteiger charge is 2.52. The first-order valence-corrected chi connectivity index (χ1v) is 36.7. The molecular weight excluding hydrogens is 1210 g/mol. The first-order chi connectivity index (χ1) is 39.5. The van der Waals surface area contributed by atoms with Crippen molar-refractivity contribution in [1.29, 1.82) is 0 Å². The summed E-state index contributed by atoms with van der Waals surface area (Å²) in [5.74, 6) is 0. The summed E-state index contributed by atoms with van der Waals surface area (Å²) in [7, 11) is 6.84. The maximum atomic E-state index is 12.7. The topological polar surface area (TPSA) is 270 Å². The van der Waals surface area contributed by atoms with E-state index in [0.29, 0.717) is 42.6 Å². The molecule has 0 amide bonds. The lowest BCUT2D eigenvalue weighted by molar-refractivity contribution is -0.0645. The van der Waals surface area contributed by atoms with Crippen LogP contribution in [0.5, 0.6) is 0 Å². The molecule has 3 saturated heterocycles. The van der Waals surface area contributed by atoms with Crippen molar-refractivity contribution < 1.29 is 43.1 Å². The van der Waals surface area contributed by atoms with E-state index < -0.39 is 79.1 Å². The Morgan fingerprint density at radius 3 is 1.13 bits per heavy atom. The lowest BCUT2D eigenvalue weighted by Crippen LogP contribution is -2.67. The van der Waals surface area contributed by atoms with Gasteiger partial charge in [-0.05, 0) is 75.7 Å². The van der Waals surface area contributed by atoms with Gasteiger partial charge in [0.25, 0.3) is 25.0 Å². The summed E-state index contributed by atoms with van der Waals surface area (Å²) in [6.07, 6.45) is 7.84. The highest BCUT2D eigenvalue weighted by atomic mass is 33.1. The molecule has 3 fully saturated rings. The van der Waals surface area contributed by atoms with Crippen LogP contribution in [0.25, 0.3) is 0 Å². The number of hydrogen-bond acceptors (Lipinski definition) is 21. The zero-order chi connectivity index (χ0) is 60.8. The number of aliphatic hydroxyl groups excluding tert-OH is 2. The normalized spacial score (nSPS) is 23.7. The Morgan fingerprint density at radius 1 is 0.542 bits per heavy atom. The van der Waals surface area contributed by atoms with Gasteiger partial charge in [-0.15, -0.1) is 0 Å². The predicted molar refractivity (Wildman–Crippen MR) is 338 cm³/mol. The van der Waals surface area contributed by atoms with E-state index in [1.165, 1.54) is 36.5 Å². The smallest absolute Gasteiger partial charge is 0.330 e. The Balaban J connectivity index is 0.000000215. The van der Waals surface area contributed by atoms with Crippen LogP contribution in [0, 0.1) is 20.8 Å². The molecule has 0 bridgehead atoms. The lowest BCUT2D eigenvalue weighted by Gasteiger charge is -2.43. The van der Waals surface area contributed by atoms with Crippen molar-refractivity contribution in [2.75, 3.05) is 38.6 Å². The Kier molecular flexibility index (Phi) is 26.3. The van der Waals surface area contributed by atoms with Gasteiger partial charge in [0.2, 0.25) is 0 Å². The molecule has 3 aliphatic rings. The fraction of sp³-hybridized carbons (Fsp3) is 0.564. The molecule has 8 rings (SSSR count). The summed E-state index contributed by atoms with van der Waals surface area (Å²) in [6.45, 7) is 17.5. The third-order valence-corrected chi connectivity index (χ3v) is 24.8. The number of nitrogens with one attached hydrogen (secondary N) is 3. The molecule has 2 aromatic carbocycles. The van der Waals surface area contributed by atoms with Gasteiger partial charge in [0.1, 0.15) is 53.3 Å².